The lowest BCUT2D eigenvalue weighted by Crippen LogP contribution is -2.34. The number of thioether (sulfide) groups is 1. The van der Waals surface area contributed by atoms with Crippen LogP contribution in [-0.2, 0) is 0 Å². The SMILES string of the molecule is CC(NCC1(C)CCCS1)c1cn(C(C)C)nn1. The van der Waals surface area contributed by atoms with Gasteiger partial charge in [0.25, 0.3) is 0 Å². The van der Waals surface area contributed by atoms with Gasteiger partial charge in [0.05, 0.1) is 17.9 Å². The van der Waals surface area contributed by atoms with Crippen molar-refractivity contribution in [3.8, 4) is 0 Å². The highest BCUT2D eigenvalue weighted by Gasteiger charge is 2.29. The van der Waals surface area contributed by atoms with Crippen molar-refractivity contribution in [2.24, 2.45) is 0 Å². The van der Waals surface area contributed by atoms with Crippen molar-refractivity contribution in [3.63, 3.8) is 0 Å². The van der Waals surface area contributed by atoms with Gasteiger partial charge in [-0.15, -0.1) is 5.10 Å². The summed E-state index contributed by atoms with van der Waals surface area (Å²) >= 11 is 2.09. The van der Waals surface area contributed by atoms with E-state index in [-0.39, 0.29) is 6.04 Å². The van der Waals surface area contributed by atoms with E-state index in [1.807, 2.05) is 10.9 Å². The number of rotatable bonds is 5. The summed E-state index contributed by atoms with van der Waals surface area (Å²) in [5, 5.41) is 12.0. The first-order valence-electron chi connectivity index (χ1n) is 6.79. The number of hydrogen-bond acceptors (Lipinski definition) is 4. The van der Waals surface area contributed by atoms with E-state index in [9.17, 15) is 0 Å². The van der Waals surface area contributed by atoms with Crippen LogP contribution in [0.15, 0.2) is 6.20 Å². The zero-order valence-electron chi connectivity index (χ0n) is 11.8. The van der Waals surface area contributed by atoms with Crippen molar-refractivity contribution >= 4 is 11.8 Å². The topological polar surface area (TPSA) is 42.7 Å². The minimum atomic E-state index is 0.274. The van der Waals surface area contributed by atoms with Gasteiger partial charge in [-0.1, -0.05) is 5.21 Å². The molecular weight excluding hydrogens is 244 g/mol. The van der Waals surface area contributed by atoms with E-state index in [1.165, 1.54) is 18.6 Å². The molecule has 0 spiro atoms. The maximum atomic E-state index is 4.25. The molecule has 18 heavy (non-hydrogen) atoms. The summed E-state index contributed by atoms with van der Waals surface area (Å²) in [6.45, 7) is 9.81. The molecule has 1 aromatic heterocycles. The number of nitrogens with zero attached hydrogens (tertiary/aromatic N) is 3. The fraction of sp³-hybridized carbons (Fsp3) is 0.846. The lowest BCUT2D eigenvalue weighted by molar-refractivity contribution is 0.484. The van der Waals surface area contributed by atoms with E-state index in [2.05, 4.69) is 55.1 Å². The van der Waals surface area contributed by atoms with Gasteiger partial charge in [-0.3, -0.25) is 0 Å². The van der Waals surface area contributed by atoms with Gasteiger partial charge in [-0.2, -0.15) is 11.8 Å². The molecule has 1 aliphatic rings. The van der Waals surface area contributed by atoms with Crippen LogP contribution in [-0.4, -0.2) is 32.0 Å². The van der Waals surface area contributed by atoms with Gasteiger partial charge in [0.2, 0.25) is 0 Å². The predicted molar refractivity (Wildman–Crippen MR) is 76.9 cm³/mol. The van der Waals surface area contributed by atoms with E-state index >= 15 is 0 Å². The van der Waals surface area contributed by atoms with E-state index in [4.69, 9.17) is 0 Å². The second-order valence-electron chi connectivity index (χ2n) is 5.72. The van der Waals surface area contributed by atoms with Crippen LogP contribution in [0.3, 0.4) is 0 Å². The van der Waals surface area contributed by atoms with Crippen LogP contribution in [0.4, 0.5) is 0 Å². The van der Waals surface area contributed by atoms with E-state index in [1.54, 1.807) is 0 Å². The molecule has 0 saturated carbocycles. The van der Waals surface area contributed by atoms with Crippen LogP contribution >= 0.6 is 11.8 Å². The van der Waals surface area contributed by atoms with Gasteiger partial charge in [-0.05, 0) is 46.3 Å². The van der Waals surface area contributed by atoms with E-state index < -0.39 is 0 Å². The molecule has 1 aliphatic heterocycles. The highest BCUT2D eigenvalue weighted by Crippen LogP contribution is 2.37. The van der Waals surface area contributed by atoms with Crippen molar-refractivity contribution in [2.75, 3.05) is 12.3 Å². The van der Waals surface area contributed by atoms with Gasteiger partial charge in [0.15, 0.2) is 0 Å². The van der Waals surface area contributed by atoms with Crippen LogP contribution in [0.1, 0.15) is 58.3 Å². The Morgan fingerprint density at radius 2 is 2.28 bits per heavy atom. The first-order valence-corrected chi connectivity index (χ1v) is 7.78. The van der Waals surface area contributed by atoms with Gasteiger partial charge >= 0.3 is 0 Å². The molecule has 1 fully saturated rings. The summed E-state index contributed by atoms with van der Waals surface area (Å²) < 4.78 is 2.32. The van der Waals surface area contributed by atoms with Crippen molar-refractivity contribution in [2.45, 2.75) is 57.4 Å². The van der Waals surface area contributed by atoms with Gasteiger partial charge < -0.3 is 5.32 Å². The Hall–Kier alpha value is -0.550. The molecule has 4 nitrogen and oxygen atoms in total. The molecule has 0 amide bonds. The third-order valence-corrected chi connectivity index (χ3v) is 5.12. The van der Waals surface area contributed by atoms with E-state index in [0.717, 1.165) is 12.2 Å². The van der Waals surface area contributed by atoms with E-state index in [0.29, 0.717) is 10.8 Å². The van der Waals surface area contributed by atoms with Gasteiger partial charge in [-0.25, -0.2) is 4.68 Å². The maximum absolute atomic E-state index is 4.25. The predicted octanol–water partition coefficient (Wildman–Crippen LogP) is 2.80. The Balaban J connectivity index is 1.88. The van der Waals surface area contributed by atoms with Crippen LogP contribution in [0.2, 0.25) is 0 Å². The summed E-state index contributed by atoms with van der Waals surface area (Å²) in [4.78, 5) is 0. The molecule has 0 aromatic carbocycles. The molecule has 2 heterocycles. The molecule has 1 saturated heterocycles. The Morgan fingerprint density at radius 1 is 1.50 bits per heavy atom. The number of hydrogen-bond donors (Lipinski definition) is 1. The Morgan fingerprint density at radius 3 is 2.83 bits per heavy atom. The Bertz CT molecular complexity index is 382. The minimum absolute atomic E-state index is 0.274. The van der Waals surface area contributed by atoms with Crippen molar-refractivity contribution in [3.05, 3.63) is 11.9 Å². The molecule has 0 aliphatic carbocycles. The van der Waals surface area contributed by atoms with Gasteiger partial charge in [0.1, 0.15) is 0 Å². The number of nitrogens with one attached hydrogen (secondary N) is 1. The van der Waals surface area contributed by atoms with Crippen molar-refractivity contribution in [1.29, 1.82) is 0 Å². The van der Waals surface area contributed by atoms with Crippen LogP contribution in [0.5, 0.6) is 0 Å². The molecular formula is C13H24N4S. The standard InChI is InChI=1S/C13H24N4S/c1-10(2)17-8-12(15-16-17)11(3)14-9-13(4)6-5-7-18-13/h8,10-11,14H,5-7,9H2,1-4H3. The summed E-state index contributed by atoms with van der Waals surface area (Å²) in [5.74, 6) is 1.30. The average molecular weight is 268 g/mol. The molecule has 2 rings (SSSR count). The largest absolute Gasteiger partial charge is 0.307 e. The normalized spacial score (nSPS) is 25.8. The third-order valence-electron chi connectivity index (χ3n) is 3.58. The van der Waals surface area contributed by atoms with Crippen molar-refractivity contribution in [1.82, 2.24) is 20.3 Å². The highest BCUT2D eigenvalue weighted by molar-refractivity contribution is 8.00. The molecule has 5 heteroatoms. The van der Waals surface area contributed by atoms with Crippen LogP contribution < -0.4 is 5.32 Å². The Kier molecular flexibility index (Phi) is 4.33. The van der Waals surface area contributed by atoms with Crippen LogP contribution in [0.25, 0.3) is 0 Å². The monoisotopic (exact) mass is 268 g/mol. The first kappa shape index (κ1) is 13.9. The second kappa shape index (κ2) is 5.61. The lowest BCUT2D eigenvalue weighted by atomic mass is 10.1. The quantitative estimate of drug-likeness (QED) is 0.891. The highest BCUT2D eigenvalue weighted by atomic mass is 32.2. The maximum Gasteiger partial charge on any atom is 0.0993 e. The molecule has 2 atom stereocenters. The minimum Gasteiger partial charge on any atom is -0.307 e. The average Bonchev–Trinajstić information content (AvgIpc) is 2.95. The summed E-state index contributed by atoms with van der Waals surface area (Å²) in [7, 11) is 0. The Labute approximate surface area is 114 Å². The summed E-state index contributed by atoms with van der Waals surface area (Å²) in [6, 6.07) is 0.650. The fourth-order valence-electron chi connectivity index (χ4n) is 2.19. The molecule has 2 unspecified atom stereocenters. The smallest absolute Gasteiger partial charge is 0.0993 e. The molecule has 102 valence electrons. The fourth-order valence-corrected chi connectivity index (χ4v) is 3.45. The lowest BCUT2D eigenvalue weighted by Gasteiger charge is -2.25. The first-order chi connectivity index (χ1) is 8.50. The second-order valence-corrected chi connectivity index (χ2v) is 7.40. The molecule has 0 radical (unpaired) electrons. The zero-order valence-corrected chi connectivity index (χ0v) is 12.6. The van der Waals surface area contributed by atoms with Gasteiger partial charge in [0, 0.05) is 17.3 Å². The molecule has 1 aromatic rings. The molecule has 1 N–H and O–H groups in total. The number of aromatic nitrogens is 3. The molecule has 0 bridgehead atoms. The van der Waals surface area contributed by atoms with Crippen LogP contribution in [0, 0.1) is 0 Å². The third kappa shape index (κ3) is 3.26. The summed E-state index contributed by atoms with van der Waals surface area (Å²) in [6.07, 6.45) is 4.71. The van der Waals surface area contributed by atoms with Crippen molar-refractivity contribution < 1.29 is 0 Å². The zero-order chi connectivity index (χ0) is 13.2. The summed E-state index contributed by atoms with van der Waals surface area (Å²) in [5.41, 5.74) is 1.04.